The highest BCUT2D eigenvalue weighted by molar-refractivity contribution is 5.69. The minimum Gasteiger partial charge on any atom is -0.463 e. The van der Waals surface area contributed by atoms with Crippen LogP contribution < -0.4 is 0 Å². The lowest BCUT2D eigenvalue weighted by Gasteiger charge is -2.47. The Kier molecular flexibility index (Phi) is 23.0. The third kappa shape index (κ3) is 14.6. The van der Waals surface area contributed by atoms with E-state index < -0.39 is 155 Å². The molecule has 4 saturated heterocycles. The van der Waals surface area contributed by atoms with Crippen molar-refractivity contribution in [2.24, 2.45) is 0 Å². The molecule has 4 aliphatic rings. The van der Waals surface area contributed by atoms with Crippen LogP contribution in [0.2, 0.25) is 0 Å². The molecule has 62 heavy (non-hydrogen) atoms. The molecule has 0 amide bonds. The molecule has 0 spiro atoms. The summed E-state index contributed by atoms with van der Waals surface area (Å²) in [6, 6.07) is 0. The average Bonchev–Trinajstić information content (AvgIpc) is 3.26. The number of unbranched alkanes of at least 4 members (excludes halogenated alkanes) is 12. The second-order valence-electron chi connectivity index (χ2n) is 16.7. The number of aliphatic hydroxyl groups is 13. The highest BCUT2D eigenvalue weighted by Gasteiger charge is 2.53. The monoisotopic (exact) mass is 904 g/mol. The van der Waals surface area contributed by atoms with Crippen LogP contribution in [0.4, 0.5) is 0 Å². The van der Waals surface area contributed by atoms with Gasteiger partial charge in [-0.25, -0.2) is 0 Å². The van der Waals surface area contributed by atoms with Crippen LogP contribution in [-0.4, -0.2) is 222 Å². The maximum Gasteiger partial charge on any atom is 0.305 e. The third-order valence-electron chi connectivity index (χ3n) is 11.9. The molecule has 0 aliphatic carbocycles. The summed E-state index contributed by atoms with van der Waals surface area (Å²) in [6.07, 6.45) is -20.9. The summed E-state index contributed by atoms with van der Waals surface area (Å²) in [5, 5.41) is 135. The van der Waals surface area contributed by atoms with Crippen molar-refractivity contribution in [1.82, 2.24) is 0 Å². The Morgan fingerprint density at radius 2 is 0.871 bits per heavy atom. The first kappa shape index (κ1) is 53.3. The van der Waals surface area contributed by atoms with Gasteiger partial charge in [-0.3, -0.25) is 4.79 Å². The van der Waals surface area contributed by atoms with Gasteiger partial charge in [0.15, 0.2) is 25.2 Å². The summed E-state index contributed by atoms with van der Waals surface area (Å²) < 4.78 is 44.4. The van der Waals surface area contributed by atoms with Crippen LogP contribution in [-0.2, 0) is 42.7 Å². The molecular weight excluding hydrogens is 832 g/mol. The van der Waals surface area contributed by atoms with Crippen molar-refractivity contribution < 1.29 is 109 Å². The molecule has 4 fully saturated rings. The lowest BCUT2D eigenvalue weighted by molar-refractivity contribution is -0.371. The summed E-state index contributed by atoms with van der Waals surface area (Å²) in [5.41, 5.74) is 0. The number of hydrogen-bond acceptors (Lipinski definition) is 22. The normalized spacial score (nSPS) is 41.6. The molecule has 4 aliphatic heterocycles. The highest BCUT2D eigenvalue weighted by atomic mass is 16.8. The summed E-state index contributed by atoms with van der Waals surface area (Å²) in [6.45, 7) is -0.735. The van der Waals surface area contributed by atoms with Crippen LogP contribution in [0.25, 0.3) is 0 Å². The van der Waals surface area contributed by atoms with E-state index in [1.165, 1.54) is 51.4 Å². The van der Waals surface area contributed by atoms with Gasteiger partial charge in [-0.05, 0) is 6.42 Å². The van der Waals surface area contributed by atoms with Gasteiger partial charge in [0.05, 0.1) is 19.8 Å². The Balaban J connectivity index is 1.35. The molecule has 4 heterocycles. The Morgan fingerprint density at radius 1 is 0.435 bits per heavy atom. The number of hydrogen-bond donors (Lipinski definition) is 13. The Bertz CT molecular complexity index is 1250. The molecule has 0 aromatic carbocycles. The van der Waals surface area contributed by atoms with Gasteiger partial charge in [0.2, 0.25) is 0 Å². The first-order chi connectivity index (χ1) is 29.6. The van der Waals surface area contributed by atoms with Crippen LogP contribution in [0.15, 0.2) is 0 Å². The van der Waals surface area contributed by atoms with E-state index in [0.29, 0.717) is 6.42 Å². The van der Waals surface area contributed by atoms with Gasteiger partial charge in [-0.15, -0.1) is 0 Å². The smallest absolute Gasteiger partial charge is 0.305 e. The highest BCUT2D eigenvalue weighted by Crippen LogP contribution is 2.32. The van der Waals surface area contributed by atoms with Gasteiger partial charge in [-0.1, -0.05) is 84.0 Å². The fraction of sp³-hybridized carbons (Fsp3) is 0.975. The van der Waals surface area contributed by atoms with Crippen molar-refractivity contribution in [3.8, 4) is 0 Å². The van der Waals surface area contributed by atoms with Crippen molar-refractivity contribution in [3.05, 3.63) is 0 Å². The van der Waals surface area contributed by atoms with Crippen molar-refractivity contribution in [2.75, 3.05) is 26.4 Å². The van der Waals surface area contributed by atoms with Crippen molar-refractivity contribution in [3.63, 3.8) is 0 Å². The first-order valence-corrected chi connectivity index (χ1v) is 22.0. The number of ether oxygens (including phenoxy) is 8. The number of rotatable bonds is 25. The zero-order chi connectivity index (χ0) is 45.5. The maximum absolute atomic E-state index is 12.8. The summed E-state index contributed by atoms with van der Waals surface area (Å²) in [5.74, 6) is -0.613. The molecule has 20 atom stereocenters. The van der Waals surface area contributed by atoms with Gasteiger partial charge >= 0.3 is 5.97 Å². The fourth-order valence-corrected chi connectivity index (χ4v) is 7.96. The van der Waals surface area contributed by atoms with Gasteiger partial charge in [-0.2, -0.15) is 0 Å². The van der Waals surface area contributed by atoms with Crippen LogP contribution in [0.1, 0.15) is 96.8 Å². The molecule has 0 aromatic heterocycles. The van der Waals surface area contributed by atoms with E-state index in [1.54, 1.807) is 0 Å². The SMILES string of the molecule is CCCCCCCCCCCCCCCC(=O)OC[C@H]1O[C@H](OC[C@H]2O[C@H](O[C@H]3[C@H](O)[C@@H](O)[C@@H](O)O[C@@H]3CO)[C@H](O)[C@@H](O)[C@@H]2O)[C@H](O)[C@@H](O)[C@@H]1O[C@H]1O[C@H](CO)[C@@H](O)[C@H](O)[C@H]1O. The minimum atomic E-state index is -1.97. The maximum atomic E-state index is 12.8. The second-order valence-corrected chi connectivity index (χ2v) is 16.7. The van der Waals surface area contributed by atoms with Crippen LogP contribution in [0.5, 0.6) is 0 Å². The van der Waals surface area contributed by atoms with E-state index in [9.17, 15) is 71.2 Å². The van der Waals surface area contributed by atoms with E-state index in [-0.39, 0.29) is 6.42 Å². The van der Waals surface area contributed by atoms with Crippen LogP contribution in [0.3, 0.4) is 0 Å². The predicted molar refractivity (Wildman–Crippen MR) is 208 cm³/mol. The standard InChI is InChI=1S/C40H72O22/c1-2-3-4-5-6-7-8-9-10-11-12-13-14-15-24(43)55-19-23-36(62-39-32(51)27(46)25(44)20(16-41)58-39)30(49)34(53)38(60-23)56-18-22-26(45)28(47)33(52)40(59-22)61-35-21(17-42)57-37(54)31(50)29(35)48/h20-23,25-42,44-54H,2-19H2,1H3/t20-,21-,22-,23-,25-,26-,27+,28+,29-,30-,31-,32-,33-,34-,35-,36-,37+,38+,39-,40-/m1/s1. The molecule has 22 heteroatoms. The van der Waals surface area contributed by atoms with E-state index >= 15 is 0 Å². The lowest BCUT2D eigenvalue weighted by Crippen LogP contribution is -2.65. The third-order valence-corrected chi connectivity index (χ3v) is 11.9. The summed E-state index contributed by atoms with van der Waals surface area (Å²) in [7, 11) is 0. The zero-order valence-electron chi connectivity index (χ0n) is 35.3. The molecule has 4 rings (SSSR count). The van der Waals surface area contributed by atoms with Crippen molar-refractivity contribution in [2.45, 2.75) is 220 Å². The topological polar surface area (TPSA) is 354 Å². The van der Waals surface area contributed by atoms with Gasteiger partial charge in [0, 0.05) is 6.42 Å². The van der Waals surface area contributed by atoms with Gasteiger partial charge in [0.25, 0.3) is 0 Å². The molecule has 22 nitrogen and oxygen atoms in total. The molecule has 0 bridgehead atoms. The average molecular weight is 905 g/mol. The molecule has 0 saturated carbocycles. The molecule has 364 valence electrons. The number of carbonyl (C=O) groups excluding carboxylic acids is 1. The van der Waals surface area contributed by atoms with E-state index in [0.717, 1.165) is 25.7 Å². The van der Waals surface area contributed by atoms with E-state index in [1.807, 2.05) is 0 Å². The molecule has 0 aromatic rings. The number of aliphatic hydroxyl groups excluding tert-OH is 13. The Hall–Kier alpha value is -1.33. The summed E-state index contributed by atoms with van der Waals surface area (Å²) in [4.78, 5) is 12.8. The van der Waals surface area contributed by atoms with E-state index in [2.05, 4.69) is 6.92 Å². The largest absolute Gasteiger partial charge is 0.463 e. The molecule has 13 N–H and O–H groups in total. The van der Waals surface area contributed by atoms with Crippen LogP contribution >= 0.6 is 0 Å². The first-order valence-electron chi connectivity index (χ1n) is 22.0. The van der Waals surface area contributed by atoms with Gasteiger partial charge < -0.3 is 104 Å². The fourth-order valence-electron chi connectivity index (χ4n) is 7.96. The Labute approximate surface area is 360 Å². The molecule has 0 unspecified atom stereocenters. The predicted octanol–water partition coefficient (Wildman–Crippen LogP) is -3.72. The van der Waals surface area contributed by atoms with E-state index in [4.69, 9.17) is 37.9 Å². The second kappa shape index (κ2) is 26.7. The van der Waals surface area contributed by atoms with Crippen molar-refractivity contribution in [1.29, 1.82) is 0 Å². The quantitative estimate of drug-likeness (QED) is 0.0309. The molecule has 0 radical (unpaired) electrons. The molecular formula is C40H72O22. The summed E-state index contributed by atoms with van der Waals surface area (Å²) >= 11 is 0. The Morgan fingerprint density at radius 3 is 1.40 bits per heavy atom. The lowest BCUT2D eigenvalue weighted by atomic mass is 9.96. The zero-order valence-corrected chi connectivity index (χ0v) is 35.3. The van der Waals surface area contributed by atoms with Crippen molar-refractivity contribution >= 4 is 5.97 Å². The number of esters is 1. The van der Waals surface area contributed by atoms with Crippen LogP contribution in [0, 0.1) is 0 Å². The number of carbonyl (C=O) groups is 1. The van der Waals surface area contributed by atoms with Gasteiger partial charge in [0.1, 0.15) is 104 Å². The minimum absolute atomic E-state index is 0.0603.